The van der Waals surface area contributed by atoms with Gasteiger partial charge < -0.3 is 5.73 Å². The largest absolute Gasteiger partial charge is 0.333 e. The van der Waals surface area contributed by atoms with E-state index in [1.807, 2.05) is 6.08 Å². The van der Waals surface area contributed by atoms with Crippen molar-refractivity contribution in [2.24, 2.45) is 5.73 Å². The van der Waals surface area contributed by atoms with Crippen LogP contribution in [-0.2, 0) is 6.42 Å². The first-order valence-electron chi connectivity index (χ1n) is 5.06. The van der Waals surface area contributed by atoms with E-state index < -0.39 is 0 Å². The SMILES string of the molecule is C=CCc1ccc2ccccc2c1.CN. The fraction of sp³-hybridized carbons (Fsp3) is 0.143. The molecule has 0 aliphatic carbocycles. The first-order valence-corrected chi connectivity index (χ1v) is 5.06. The van der Waals surface area contributed by atoms with Gasteiger partial charge in [0, 0.05) is 0 Å². The summed E-state index contributed by atoms with van der Waals surface area (Å²) in [6, 6.07) is 14.9. The Morgan fingerprint density at radius 3 is 2.40 bits per heavy atom. The first kappa shape index (κ1) is 11.5. The van der Waals surface area contributed by atoms with Gasteiger partial charge >= 0.3 is 0 Å². The van der Waals surface area contributed by atoms with Crippen molar-refractivity contribution in [2.45, 2.75) is 6.42 Å². The Balaban J connectivity index is 0.000000531. The average molecular weight is 199 g/mol. The minimum atomic E-state index is 0.949. The van der Waals surface area contributed by atoms with Crippen molar-refractivity contribution in [3.05, 3.63) is 60.7 Å². The van der Waals surface area contributed by atoms with Crippen LogP contribution in [0.3, 0.4) is 0 Å². The highest BCUT2D eigenvalue weighted by Crippen LogP contribution is 2.15. The molecule has 78 valence electrons. The molecule has 0 unspecified atom stereocenters. The van der Waals surface area contributed by atoms with E-state index in [9.17, 15) is 0 Å². The Bertz CT molecular complexity index is 432. The van der Waals surface area contributed by atoms with Crippen LogP contribution in [0.5, 0.6) is 0 Å². The maximum absolute atomic E-state index is 4.50. The Morgan fingerprint density at radius 1 is 1.07 bits per heavy atom. The Hall–Kier alpha value is -1.60. The highest BCUT2D eigenvalue weighted by Gasteiger charge is 1.93. The van der Waals surface area contributed by atoms with E-state index >= 15 is 0 Å². The number of hydrogen-bond acceptors (Lipinski definition) is 1. The second-order valence-electron chi connectivity index (χ2n) is 3.17. The fourth-order valence-corrected chi connectivity index (χ4v) is 1.53. The van der Waals surface area contributed by atoms with Crippen LogP contribution in [0.25, 0.3) is 10.8 Å². The molecule has 2 N–H and O–H groups in total. The molecule has 0 heterocycles. The molecular weight excluding hydrogens is 182 g/mol. The first-order chi connectivity index (χ1) is 7.40. The van der Waals surface area contributed by atoms with Gasteiger partial charge in [-0.2, -0.15) is 0 Å². The number of rotatable bonds is 2. The van der Waals surface area contributed by atoms with Crippen molar-refractivity contribution in [2.75, 3.05) is 7.05 Å². The molecule has 2 aromatic rings. The van der Waals surface area contributed by atoms with Crippen LogP contribution in [0, 0.1) is 0 Å². The van der Waals surface area contributed by atoms with Crippen molar-refractivity contribution < 1.29 is 0 Å². The van der Waals surface area contributed by atoms with E-state index in [4.69, 9.17) is 0 Å². The summed E-state index contributed by atoms with van der Waals surface area (Å²) in [5, 5.41) is 2.61. The van der Waals surface area contributed by atoms with Crippen LogP contribution in [0.1, 0.15) is 5.56 Å². The lowest BCUT2D eigenvalue weighted by atomic mass is 10.1. The molecule has 1 heteroatoms. The Kier molecular flexibility index (Phi) is 4.58. The molecule has 2 aromatic carbocycles. The van der Waals surface area contributed by atoms with Gasteiger partial charge in [0.2, 0.25) is 0 Å². The topological polar surface area (TPSA) is 26.0 Å². The molecular formula is C14H17N. The van der Waals surface area contributed by atoms with Crippen LogP contribution < -0.4 is 5.73 Å². The van der Waals surface area contributed by atoms with E-state index in [0.29, 0.717) is 0 Å². The molecule has 0 amide bonds. The molecule has 15 heavy (non-hydrogen) atoms. The van der Waals surface area contributed by atoms with Gasteiger partial charge in [-0.1, -0.05) is 48.5 Å². The second-order valence-corrected chi connectivity index (χ2v) is 3.17. The summed E-state index contributed by atoms with van der Waals surface area (Å²) in [4.78, 5) is 0. The van der Waals surface area contributed by atoms with E-state index in [1.54, 1.807) is 0 Å². The molecule has 0 radical (unpaired) electrons. The van der Waals surface area contributed by atoms with E-state index in [0.717, 1.165) is 6.42 Å². The minimum Gasteiger partial charge on any atom is -0.333 e. The van der Waals surface area contributed by atoms with Crippen LogP contribution >= 0.6 is 0 Å². The van der Waals surface area contributed by atoms with Crippen molar-refractivity contribution in [3.8, 4) is 0 Å². The van der Waals surface area contributed by atoms with E-state index in [-0.39, 0.29) is 0 Å². The Morgan fingerprint density at radius 2 is 1.73 bits per heavy atom. The number of benzene rings is 2. The van der Waals surface area contributed by atoms with Crippen LogP contribution in [0.15, 0.2) is 55.1 Å². The number of hydrogen-bond donors (Lipinski definition) is 1. The van der Waals surface area contributed by atoms with Gasteiger partial charge in [0.05, 0.1) is 0 Å². The maximum atomic E-state index is 4.50. The monoisotopic (exact) mass is 199 g/mol. The third-order valence-electron chi connectivity index (χ3n) is 2.19. The zero-order chi connectivity index (χ0) is 11.1. The molecule has 0 aromatic heterocycles. The van der Waals surface area contributed by atoms with Crippen molar-refractivity contribution in [3.63, 3.8) is 0 Å². The van der Waals surface area contributed by atoms with Crippen molar-refractivity contribution in [1.82, 2.24) is 0 Å². The third-order valence-corrected chi connectivity index (χ3v) is 2.19. The molecule has 0 spiro atoms. The third kappa shape index (κ3) is 2.93. The molecule has 2 rings (SSSR count). The van der Waals surface area contributed by atoms with Gasteiger partial charge in [0.25, 0.3) is 0 Å². The van der Waals surface area contributed by atoms with E-state index in [1.165, 1.54) is 23.4 Å². The molecule has 0 saturated heterocycles. The molecule has 0 fully saturated rings. The van der Waals surface area contributed by atoms with Crippen molar-refractivity contribution >= 4 is 10.8 Å². The summed E-state index contributed by atoms with van der Waals surface area (Å²) in [5.74, 6) is 0. The average Bonchev–Trinajstić information content (AvgIpc) is 2.32. The zero-order valence-corrected chi connectivity index (χ0v) is 9.11. The molecule has 1 nitrogen and oxygen atoms in total. The molecule has 0 saturated carbocycles. The predicted molar refractivity (Wildman–Crippen MR) is 68.0 cm³/mol. The highest BCUT2D eigenvalue weighted by atomic mass is 14.4. The number of nitrogens with two attached hydrogens (primary N) is 1. The van der Waals surface area contributed by atoms with Crippen LogP contribution in [-0.4, -0.2) is 7.05 Å². The smallest absolute Gasteiger partial charge is 0.00999 e. The van der Waals surface area contributed by atoms with Gasteiger partial charge in [-0.3, -0.25) is 0 Å². The van der Waals surface area contributed by atoms with Crippen molar-refractivity contribution in [1.29, 1.82) is 0 Å². The van der Waals surface area contributed by atoms with Gasteiger partial charge in [-0.05, 0) is 29.8 Å². The van der Waals surface area contributed by atoms with Crippen LogP contribution in [0.2, 0.25) is 0 Å². The quantitative estimate of drug-likeness (QED) is 0.739. The summed E-state index contributed by atoms with van der Waals surface area (Å²) in [5.41, 5.74) is 5.83. The van der Waals surface area contributed by atoms with Gasteiger partial charge in [0.15, 0.2) is 0 Å². The standard InChI is InChI=1S/C13H12.CH5N/c1-2-5-11-8-9-12-6-3-4-7-13(12)10-11;1-2/h2-4,6-10H,1,5H2;2H2,1H3. The molecule has 0 bridgehead atoms. The minimum absolute atomic E-state index is 0.949. The lowest BCUT2D eigenvalue weighted by Gasteiger charge is -2.00. The number of fused-ring (bicyclic) bond motifs is 1. The maximum Gasteiger partial charge on any atom is -0.00999 e. The van der Waals surface area contributed by atoms with Crippen LogP contribution in [0.4, 0.5) is 0 Å². The molecule has 0 aliphatic heterocycles. The fourth-order valence-electron chi connectivity index (χ4n) is 1.53. The zero-order valence-electron chi connectivity index (χ0n) is 9.11. The Labute approximate surface area is 91.2 Å². The van der Waals surface area contributed by atoms with Gasteiger partial charge in [0.1, 0.15) is 0 Å². The predicted octanol–water partition coefficient (Wildman–Crippen LogP) is 3.14. The molecule has 0 aliphatic rings. The summed E-state index contributed by atoms with van der Waals surface area (Å²) >= 11 is 0. The summed E-state index contributed by atoms with van der Waals surface area (Å²) in [6.07, 6.45) is 2.88. The lowest BCUT2D eigenvalue weighted by Crippen LogP contribution is -1.80. The number of allylic oxidation sites excluding steroid dienone is 1. The lowest BCUT2D eigenvalue weighted by molar-refractivity contribution is 1.29. The molecule has 0 atom stereocenters. The van der Waals surface area contributed by atoms with Gasteiger partial charge in [-0.15, -0.1) is 6.58 Å². The summed E-state index contributed by atoms with van der Waals surface area (Å²) in [6.45, 7) is 3.74. The van der Waals surface area contributed by atoms with E-state index in [2.05, 4.69) is 54.8 Å². The highest BCUT2D eigenvalue weighted by molar-refractivity contribution is 5.83. The second kappa shape index (κ2) is 5.99. The normalized spacial score (nSPS) is 9.20. The summed E-state index contributed by atoms with van der Waals surface area (Å²) in [7, 11) is 1.50. The van der Waals surface area contributed by atoms with Gasteiger partial charge in [-0.25, -0.2) is 0 Å². The summed E-state index contributed by atoms with van der Waals surface area (Å²) < 4.78 is 0.